The van der Waals surface area contributed by atoms with Gasteiger partial charge in [0, 0.05) is 25.2 Å². The van der Waals surface area contributed by atoms with Gasteiger partial charge >= 0.3 is 0 Å². The Morgan fingerprint density at radius 2 is 2.00 bits per heavy atom. The number of halogens is 2. The second kappa shape index (κ2) is 6.21. The summed E-state index contributed by atoms with van der Waals surface area (Å²) in [5, 5.41) is 10.7. The Labute approximate surface area is 121 Å². The van der Waals surface area contributed by atoms with Crippen LogP contribution in [0.2, 0.25) is 10.0 Å². The van der Waals surface area contributed by atoms with Gasteiger partial charge in [0.1, 0.15) is 5.02 Å². The van der Waals surface area contributed by atoms with Gasteiger partial charge < -0.3 is 4.90 Å². The normalized spacial score (nSPS) is 10.6. The molecule has 0 fully saturated rings. The van der Waals surface area contributed by atoms with Crippen LogP contribution in [0.4, 0.5) is 5.69 Å². The van der Waals surface area contributed by atoms with Gasteiger partial charge in [-0.05, 0) is 12.0 Å². The molecule has 104 valence electrons. The summed E-state index contributed by atoms with van der Waals surface area (Å²) in [6.07, 6.45) is 0. The Kier molecular flexibility index (Phi) is 5.14. The minimum absolute atomic E-state index is 0.00263. The molecule has 0 aliphatic carbocycles. The maximum atomic E-state index is 12.1. The highest BCUT2D eigenvalue weighted by Gasteiger charge is 2.22. The fourth-order valence-corrected chi connectivity index (χ4v) is 2.07. The molecule has 1 rings (SSSR count). The molecule has 7 heteroatoms. The summed E-state index contributed by atoms with van der Waals surface area (Å²) >= 11 is 11.5. The fourth-order valence-electron chi connectivity index (χ4n) is 1.68. The molecule has 0 N–H and O–H groups in total. The Morgan fingerprint density at radius 3 is 2.47 bits per heavy atom. The number of carbonyl (C=O) groups excluding carboxylic acids is 1. The van der Waals surface area contributed by atoms with Crippen molar-refractivity contribution in [2.45, 2.75) is 13.8 Å². The van der Waals surface area contributed by atoms with Gasteiger partial charge in [0.15, 0.2) is 0 Å². The van der Waals surface area contributed by atoms with Crippen LogP contribution in [-0.2, 0) is 0 Å². The molecule has 0 bridgehead atoms. The third-order valence-corrected chi connectivity index (χ3v) is 3.23. The topological polar surface area (TPSA) is 63.5 Å². The largest absolute Gasteiger partial charge is 0.341 e. The molecule has 0 heterocycles. The number of nitro benzene ring substituents is 1. The van der Waals surface area contributed by atoms with Crippen molar-refractivity contribution in [1.82, 2.24) is 4.90 Å². The molecule has 19 heavy (non-hydrogen) atoms. The van der Waals surface area contributed by atoms with E-state index in [1.807, 2.05) is 13.8 Å². The van der Waals surface area contributed by atoms with Crippen LogP contribution in [0.3, 0.4) is 0 Å². The molecular formula is C12H14Cl2N2O3. The molecule has 0 aliphatic rings. The Hall–Kier alpha value is -1.33. The summed E-state index contributed by atoms with van der Waals surface area (Å²) in [4.78, 5) is 23.8. The minimum Gasteiger partial charge on any atom is -0.341 e. The van der Waals surface area contributed by atoms with Gasteiger partial charge in [-0.1, -0.05) is 37.0 Å². The van der Waals surface area contributed by atoms with Crippen molar-refractivity contribution in [3.8, 4) is 0 Å². The molecule has 0 saturated heterocycles. The molecule has 0 atom stereocenters. The lowest BCUT2D eigenvalue weighted by molar-refractivity contribution is -0.384. The van der Waals surface area contributed by atoms with Crippen molar-refractivity contribution in [2.75, 3.05) is 13.6 Å². The number of rotatable bonds is 4. The molecule has 0 saturated carbocycles. The zero-order chi connectivity index (χ0) is 14.7. The Balaban J connectivity index is 3.14. The maximum absolute atomic E-state index is 12.1. The molecule has 1 aromatic carbocycles. The van der Waals surface area contributed by atoms with Crippen LogP contribution in [0.1, 0.15) is 24.2 Å². The number of nitrogens with zero attached hydrogens (tertiary/aromatic N) is 2. The molecule has 0 unspecified atom stereocenters. The molecule has 0 radical (unpaired) electrons. The number of carbonyl (C=O) groups is 1. The average molecular weight is 305 g/mol. The van der Waals surface area contributed by atoms with E-state index in [4.69, 9.17) is 23.2 Å². The summed E-state index contributed by atoms with van der Waals surface area (Å²) in [6.45, 7) is 4.50. The van der Waals surface area contributed by atoms with Crippen molar-refractivity contribution in [3.05, 3.63) is 37.9 Å². The smallest absolute Gasteiger partial charge is 0.290 e. The van der Waals surface area contributed by atoms with Crippen LogP contribution in [-0.4, -0.2) is 29.3 Å². The zero-order valence-corrected chi connectivity index (χ0v) is 12.3. The van der Waals surface area contributed by atoms with Crippen molar-refractivity contribution < 1.29 is 9.72 Å². The van der Waals surface area contributed by atoms with Crippen molar-refractivity contribution in [3.63, 3.8) is 0 Å². The van der Waals surface area contributed by atoms with E-state index in [-0.39, 0.29) is 27.2 Å². The standard InChI is InChI=1S/C12H14Cl2N2O3/c1-7(2)6-15(3)12(17)8-4-9(13)11(14)10(5-8)16(18)19/h4-5,7H,6H2,1-3H3. The third-order valence-electron chi connectivity index (χ3n) is 2.44. The summed E-state index contributed by atoms with van der Waals surface area (Å²) in [5.41, 5.74) is -0.209. The van der Waals surface area contributed by atoms with Gasteiger partial charge in [-0.3, -0.25) is 14.9 Å². The number of benzene rings is 1. The van der Waals surface area contributed by atoms with Gasteiger partial charge in [0.2, 0.25) is 0 Å². The minimum atomic E-state index is -0.659. The first kappa shape index (κ1) is 15.7. The molecule has 0 aromatic heterocycles. The van der Waals surface area contributed by atoms with E-state index in [1.54, 1.807) is 7.05 Å². The maximum Gasteiger partial charge on any atom is 0.290 e. The average Bonchev–Trinajstić information content (AvgIpc) is 2.30. The number of hydrogen-bond donors (Lipinski definition) is 0. The summed E-state index contributed by atoms with van der Waals surface area (Å²) in [6, 6.07) is 2.49. The molecule has 1 amide bonds. The lowest BCUT2D eigenvalue weighted by atomic mass is 10.1. The SMILES string of the molecule is CC(C)CN(C)C(=O)c1cc(Cl)c(Cl)c([N+](=O)[O-])c1. The lowest BCUT2D eigenvalue weighted by Crippen LogP contribution is -2.30. The predicted octanol–water partition coefficient (Wildman–Crippen LogP) is 3.63. The number of hydrogen-bond acceptors (Lipinski definition) is 3. The van der Waals surface area contributed by atoms with Crippen LogP contribution in [0.25, 0.3) is 0 Å². The quantitative estimate of drug-likeness (QED) is 0.630. The first-order valence-electron chi connectivity index (χ1n) is 5.63. The highest BCUT2D eigenvalue weighted by atomic mass is 35.5. The van der Waals surface area contributed by atoms with Gasteiger partial charge in [-0.25, -0.2) is 0 Å². The van der Waals surface area contributed by atoms with Gasteiger partial charge in [0.05, 0.1) is 9.95 Å². The molecule has 0 aliphatic heterocycles. The number of amides is 1. The summed E-state index contributed by atoms with van der Waals surface area (Å²) < 4.78 is 0. The Bertz CT molecular complexity index is 518. The van der Waals surface area contributed by atoms with E-state index in [2.05, 4.69) is 0 Å². The van der Waals surface area contributed by atoms with Crippen LogP contribution in [0, 0.1) is 16.0 Å². The third kappa shape index (κ3) is 3.81. The fraction of sp³-hybridized carbons (Fsp3) is 0.417. The van der Waals surface area contributed by atoms with Crippen LogP contribution >= 0.6 is 23.2 Å². The second-order valence-electron chi connectivity index (χ2n) is 4.63. The second-order valence-corrected chi connectivity index (χ2v) is 5.41. The molecule has 1 aromatic rings. The highest BCUT2D eigenvalue weighted by molar-refractivity contribution is 6.43. The van der Waals surface area contributed by atoms with Crippen LogP contribution < -0.4 is 0 Å². The van der Waals surface area contributed by atoms with Crippen LogP contribution in [0.5, 0.6) is 0 Å². The summed E-state index contributed by atoms with van der Waals surface area (Å²) in [5.74, 6) is -0.0259. The van der Waals surface area contributed by atoms with Crippen molar-refractivity contribution in [1.29, 1.82) is 0 Å². The molecule has 0 spiro atoms. The molecule has 5 nitrogen and oxygen atoms in total. The van der Waals surface area contributed by atoms with E-state index in [9.17, 15) is 14.9 Å². The van der Waals surface area contributed by atoms with Crippen LogP contribution in [0.15, 0.2) is 12.1 Å². The van der Waals surface area contributed by atoms with E-state index in [0.717, 1.165) is 6.07 Å². The lowest BCUT2D eigenvalue weighted by Gasteiger charge is -2.19. The van der Waals surface area contributed by atoms with E-state index in [1.165, 1.54) is 11.0 Å². The van der Waals surface area contributed by atoms with E-state index >= 15 is 0 Å². The van der Waals surface area contributed by atoms with Crippen molar-refractivity contribution >= 4 is 34.8 Å². The zero-order valence-electron chi connectivity index (χ0n) is 10.8. The highest BCUT2D eigenvalue weighted by Crippen LogP contribution is 2.33. The number of nitro groups is 1. The monoisotopic (exact) mass is 304 g/mol. The first-order valence-corrected chi connectivity index (χ1v) is 6.38. The van der Waals surface area contributed by atoms with Gasteiger partial charge in [-0.15, -0.1) is 0 Å². The first-order chi connectivity index (χ1) is 8.73. The molecular weight excluding hydrogens is 291 g/mol. The van der Waals surface area contributed by atoms with E-state index < -0.39 is 4.92 Å². The van der Waals surface area contributed by atoms with Crippen molar-refractivity contribution in [2.24, 2.45) is 5.92 Å². The van der Waals surface area contributed by atoms with Gasteiger partial charge in [-0.2, -0.15) is 0 Å². The predicted molar refractivity (Wildman–Crippen MR) is 74.9 cm³/mol. The summed E-state index contributed by atoms with van der Waals surface area (Å²) in [7, 11) is 1.64. The van der Waals surface area contributed by atoms with E-state index in [0.29, 0.717) is 12.5 Å². The Morgan fingerprint density at radius 1 is 1.42 bits per heavy atom. The van der Waals surface area contributed by atoms with Gasteiger partial charge in [0.25, 0.3) is 11.6 Å².